The number of para-hydroxylation sites is 1. The first-order valence-corrected chi connectivity index (χ1v) is 13.7. The van der Waals surface area contributed by atoms with E-state index in [2.05, 4.69) is 5.32 Å². The number of sulfonamides is 1. The smallest absolute Gasteiger partial charge is 0.244 e. The van der Waals surface area contributed by atoms with Crippen LogP contribution in [0.4, 0.5) is 5.69 Å². The Kier molecular flexibility index (Phi) is 10.2. The number of aryl methyl sites for hydroxylation is 1. The number of nitrogens with zero attached hydrogens (tertiary/aromatic N) is 2. The molecule has 2 amide bonds. The minimum absolute atomic E-state index is 0.0417. The fourth-order valence-corrected chi connectivity index (χ4v) is 5.11. The van der Waals surface area contributed by atoms with E-state index in [-0.39, 0.29) is 12.5 Å². The minimum atomic E-state index is -3.80. The summed E-state index contributed by atoms with van der Waals surface area (Å²) in [5.74, 6) is -0.869. The van der Waals surface area contributed by atoms with E-state index < -0.39 is 28.5 Å². The lowest BCUT2D eigenvalue weighted by molar-refractivity contribution is -0.140. The van der Waals surface area contributed by atoms with Gasteiger partial charge in [0, 0.05) is 28.7 Å². The number of anilines is 1. The topological polar surface area (TPSA) is 86.8 Å². The second kappa shape index (κ2) is 12.4. The maximum atomic E-state index is 13.7. The van der Waals surface area contributed by atoms with Crippen molar-refractivity contribution in [3.8, 4) is 0 Å². The summed E-state index contributed by atoms with van der Waals surface area (Å²) in [4.78, 5) is 27.8. The summed E-state index contributed by atoms with van der Waals surface area (Å²) < 4.78 is 26.6. The van der Waals surface area contributed by atoms with Gasteiger partial charge in [-0.2, -0.15) is 0 Å². The van der Waals surface area contributed by atoms with E-state index in [1.807, 2.05) is 19.1 Å². The Hall–Kier alpha value is -2.29. The summed E-state index contributed by atoms with van der Waals surface area (Å²) in [7, 11) is -3.80. The fraction of sp³-hybridized carbons (Fsp3) is 0.417. The average molecular weight is 529 g/mol. The maximum absolute atomic E-state index is 13.7. The Morgan fingerprint density at radius 3 is 2.15 bits per heavy atom. The van der Waals surface area contributed by atoms with Gasteiger partial charge in [0.2, 0.25) is 21.8 Å². The SMILES string of the molecule is CCNC(=O)[C@H](CC)N(Cc1c(Cl)cccc1Cl)C(=O)CN(c1ccccc1CC)S(C)(=O)=O. The summed E-state index contributed by atoms with van der Waals surface area (Å²) in [6.07, 6.45) is 1.97. The third-order valence-electron chi connectivity index (χ3n) is 5.45. The summed E-state index contributed by atoms with van der Waals surface area (Å²) in [5.41, 5.74) is 1.71. The molecule has 0 saturated heterocycles. The number of halogens is 2. The van der Waals surface area contributed by atoms with Crippen molar-refractivity contribution in [2.75, 3.05) is 23.7 Å². The molecule has 2 rings (SSSR count). The van der Waals surface area contributed by atoms with E-state index >= 15 is 0 Å². The number of hydrogen-bond acceptors (Lipinski definition) is 4. The van der Waals surface area contributed by atoms with Gasteiger partial charge in [-0.3, -0.25) is 13.9 Å². The molecule has 1 atom stereocenters. The van der Waals surface area contributed by atoms with E-state index in [1.165, 1.54) is 4.90 Å². The van der Waals surface area contributed by atoms with Crippen LogP contribution in [-0.4, -0.2) is 50.5 Å². The zero-order chi connectivity index (χ0) is 25.5. The number of carbonyl (C=O) groups is 2. The van der Waals surface area contributed by atoms with Crippen LogP contribution in [0.1, 0.15) is 38.3 Å². The Morgan fingerprint density at radius 1 is 1.00 bits per heavy atom. The highest BCUT2D eigenvalue weighted by Gasteiger charge is 2.32. The molecule has 0 aliphatic carbocycles. The molecule has 0 aliphatic rings. The van der Waals surface area contributed by atoms with Crippen LogP contribution in [0.5, 0.6) is 0 Å². The molecule has 0 aromatic heterocycles. The van der Waals surface area contributed by atoms with Crippen LogP contribution in [0.25, 0.3) is 0 Å². The van der Waals surface area contributed by atoms with Gasteiger partial charge in [-0.25, -0.2) is 8.42 Å². The number of carbonyl (C=O) groups excluding carboxylic acids is 2. The third-order valence-corrected chi connectivity index (χ3v) is 7.28. The van der Waals surface area contributed by atoms with Gasteiger partial charge in [0.15, 0.2) is 0 Å². The second-order valence-electron chi connectivity index (χ2n) is 7.79. The quantitative estimate of drug-likeness (QED) is 0.472. The van der Waals surface area contributed by atoms with E-state index in [0.717, 1.165) is 16.1 Å². The van der Waals surface area contributed by atoms with E-state index in [0.29, 0.717) is 40.7 Å². The summed E-state index contributed by atoms with van der Waals surface area (Å²) in [5, 5.41) is 3.46. The van der Waals surface area contributed by atoms with E-state index in [4.69, 9.17) is 23.2 Å². The van der Waals surface area contributed by atoms with Crippen molar-refractivity contribution >= 4 is 50.7 Å². The average Bonchev–Trinajstić information content (AvgIpc) is 2.78. The fourth-order valence-electron chi connectivity index (χ4n) is 3.71. The minimum Gasteiger partial charge on any atom is -0.355 e. The van der Waals surface area contributed by atoms with Crippen LogP contribution in [0.3, 0.4) is 0 Å². The zero-order valence-electron chi connectivity index (χ0n) is 19.8. The molecule has 2 aromatic rings. The molecular formula is C24H31Cl2N3O4S. The molecule has 0 unspecified atom stereocenters. The third kappa shape index (κ3) is 6.87. The first-order valence-electron chi connectivity index (χ1n) is 11.1. The molecule has 10 heteroatoms. The van der Waals surface area contributed by atoms with Gasteiger partial charge >= 0.3 is 0 Å². The predicted octanol–water partition coefficient (Wildman–Crippen LogP) is 4.27. The van der Waals surface area contributed by atoms with Gasteiger partial charge in [0.1, 0.15) is 12.6 Å². The van der Waals surface area contributed by atoms with E-state index in [9.17, 15) is 18.0 Å². The zero-order valence-corrected chi connectivity index (χ0v) is 22.2. The van der Waals surface area contributed by atoms with Crippen molar-refractivity contribution < 1.29 is 18.0 Å². The summed E-state index contributed by atoms with van der Waals surface area (Å²) >= 11 is 12.7. The van der Waals surface area contributed by atoms with Gasteiger partial charge in [0.25, 0.3) is 0 Å². The molecule has 0 aliphatic heterocycles. The van der Waals surface area contributed by atoms with Crippen molar-refractivity contribution in [1.29, 1.82) is 0 Å². The number of nitrogens with one attached hydrogen (secondary N) is 1. The second-order valence-corrected chi connectivity index (χ2v) is 10.5. The van der Waals surface area contributed by atoms with Crippen molar-refractivity contribution in [3.63, 3.8) is 0 Å². The van der Waals surface area contributed by atoms with Crippen LogP contribution in [0.2, 0.25) is 10.0 Å². The van der Waals surface area contributed by atoms with Gasteiger partial charge < -0.3 is 10.2 Å². The van der Waals surface area contributed by atoms with Crippen molar-refractivity contribution in [3.05, 3.63) is 63.6 Å². The molecule has 186 valence electrons. The van der Waals surface area contributed by atoms with Crippen molar-refractivity contribution in [1.82, 2.24) is 10.2 Å². The van der Waals surface area contributed by atoms with Crippen molar-refractivity contribution in [2.24, 2.45) is 0 Å². The Labute approximate surface area is 212 Å². The molecule has 0 spiro atoms. The normalized spacial score (nSPS) is 12.2. The molecular weight excluding hydrogens is 497 g/mol. The molecule has 0 saturated carbocycles. The van der Waals surface area contributed by atoms with Crippen LogP contribution in [-0.2, 0) is 32.6 Å². The first kappa shape index (κ1) is 28.0. The predicted molar refractivity (Wildman–Crippen MR) is 138 cm³/mol. The lowest BCUT2D eigenvalue weighted by atomic mass is 10.1. The van der Waals surface area contributed by atoms with Crippen molar-refractivity contribution in [2.45, 2.75) is 46.2 Å². The molecule has 34 heavy (non-hydrogen) atoms. The number of benzene rings is 2. The van der Waals surface area contributed by atoms with Crippen LogP contribution in [0, 0.1) is 0 Å². The Morgan fingerprint density at radius 2 is 1.62 bits per heavy atom. The highest BCUT2D eigenvalue weighted by molar-refractivity contribution is 7.92. The molecule has 7 nitrogen and oxygen atoms in total. The standard InChI is InChI=1S/C24H31Cl2N3O4S/c1-5-17-11-8-9-14-22(17)29(34(4,32)33)16-23(30)28(21(6-2)24(31)27-7-3)15-18-19(25)12-10-13-20(18)26/h8-14,21H,5-7,15-16H2,1-4H3,(H,27,31)/t21-/m0/s1. The van der Waals surface area contributed by atoms with Crippen LogP contribution in [0.15, 0.2) is 42.5 Å². The molecule has 0 fully saturated rings. The molecule has 0 bridgehead atoms. The number of likely N-dealkylation sites (N-methyl/N-ethyl adjacent to an activating group) is 1. The summed E-state index contributed by atoms with van der Waals surface area (Å²) in [6, 6.07) is 11.2. The number of rotatable bonds is 11. The molecule has 2 aromatic carbocycles. The largest absolute Gasteiger partial charge is 0.355 e. The Bertz CT molecular complexity index is 1100. The van der Waals surface area contributed by atoms with Gasteiger partial charge in [0.05, 0.1) is 11.9 Å². The number of amides is 2. The maximum Gasteiger partial charge on any atom is 0.244 e. The summed E-state index contributed by atoms with van der Waals surface area (Å²) in [6.45, 7) is 5.37. The highest BCUT2D eigenvalue weighted by atomic mass is 35.5. The molecule has 0 heterocycles. The first-order chi connectivity index (χ1) is 16.0. The van der Waals surface area contributed by atoms with Gasteiger partial charge in [-0.05, 0) is 43.5 Å². The van der Waals surface area contributed by atoms with Gasteiger partial charge in [-0.15, -0.1) is 0 Å². The molecule has 1 N–H and O–H groups in total. The molecule has 0 radical (unpaired) electrons. The van der Waals surface area contributed by atoms with Gasteiger partial charge in [-0.1, -0.05) is 61.3 Å². The lowest BCUT2D eigenvalue weighted by Gasteiger charge is -2.33. The van der Waals surface area contributed by atoms with E-state index in [1.54, 1.807) is 44.2 Å². The monoisotopic (exact) mass is 527 g/mol. The van der Waals surface area contributed by atoms with Crippen LogP contribution >= 0.6 is 23.2 Å². The highest BCUT2D eigenvalue weighted by Crippen LogP contribution is 2.28. The lowest BCUT2D eigenvalue weighted by Crippen LogP contribution is -2.52. The number of hydrogen-bond donors (Lipinski definition) is 1. The van der Waals surface area contributed by atoms with Crippen LogP contribution < -0.4 is 9.62 Å². The Balaban J connectivity index is 2.53.